The highest BCUT2D eigenvalue weighted by Gasteiger charge is 2.24. The molecule has 1 aliphatic carbocycles. The summed E-state index contributed by atoms with van der Waals surface area (Å²) in [5.74, 6) is 1.94. The van der Waals surface area contributed by atoms with Crippen molar-refractivity contribution in [3.05, 3.63) is 66.5 Å². The Bertz CT molecular complexity index is 912. The molecule has 1 saturated carbocycles. The first kappa shape index (κ1) is 20.7. The van der Waals surface area contributed by atoms with Crippen LogP contribution >= 0.6 is 11.8 Å². The Hall–Kier alpha value is -2.60. The lowest BCUT2D eigenvalue weighted by molar-refractivity contribution is -0.115. The van der Waals surface area contributed by atoms with Gasteiger partial charge in [-0.25, -0.2) is 0 Å². The standard InChI is InChI=1S/C24H28N4OS/c1-2-27-23(19-12-6-3-7-13-19)25-26-24(27)30-18-22(29)28(20-14-8-4-9-15-20)21-16-10-5-11-17-21/h4-5,8-11,14-17,19H,2-3,6-7,12-13,18H2,1H3. The molecule has 1 fully saturated rings. The molecule has 0 saturated heterocycles. The first-order valence-electron chi connectivity index (χ1n) is 10.8. The third kappa shape index (κ3) is 4.59. The van der Waals surface area contributed by atoms with Crippen LogP contribution in [0.15, 0.2) is 65.8 Å². The SMILES string of the molecule is CCn1c(SCC(=O)N(c2ccccc2)c2ccccc2)nnc1C1CCCCC1. The lowest BCUT2D eigenvalue weighted by Gasteiger charge is -2.23. The van der Waals surface area contributed by atoms with Gasteiger partial charge in [0, 0.05) is 23.8 Å². The predicted molar refractivity (Wildman–Crippen MR) is 122 cm³/mol. The van der Waals surface area contributed by atoms with Gasteiger partial charge in [-0.2, -0.15) is 0 Å². The van der Waals surface area contributed by atoms with Crippen molar-refractivity contribution in [2.45, 2.75) is 56.6 Å². The molecule has 1 amide bonds. The monoisotopic (exact) mass is 420 g/mol. The molecule has 0 radical (unpaired) electrons. The maximum atomic E-state index is 13.3. The quantitative estimate of drug-likeness (QED) is 0.453. The molecule has 5 nitrogen and oxygen atoms in total. The van der Waals surface area contributed by atoms with E-state index in [-0.39, 0.29) is 5.91 Å². The third-order valence-corrected chi connectivity index (χ3v) is 6.59. The van der Waals surface area contributed by atoms with Crippen LogP contribution in [0.5, 0.6) is 0 Å². The van der Waals surface area contributed by atoms with Crippen molar-refractivity contribution < 1.29 is 4.79 Å². The van der Waals surface area contributed by atoms with Crippen LogP contribution in [0.3, 0.4) is 0 Å². The number of carbonyl (C=O) groups is 1. The van der Waals surface area contributed by atoms with Crippen LogP contribution < -0.4 is 4.90 Å². The first-order valence-corrected chi connectivity index (χ1v) is 11.8. The van der Waals surface area contributed by atoms with E-state index in [0.717, 1.165) is 28.9 Å². The predicted octanol–water partition coefficient (Wildman–Crippen LogP) is 5.80. The van der Waals surface area contributed by atoms with Crippen LogP contribution in [0.25, 0.3) is 0 Å². The smallest absolute Gasteiger partial charge is 0.242 e. The van der Waals surface area contributed by atoms with Crippen molar-refractivity contribution in [2.24, 2.45) is 0 Å². The Morgan fingerprint density at radius 2 is 1.57 bits per heavy atom. The minimum atomic E-state index is 0.0299. The van der Waals surface area contributed by atoms with Gasteiger partial charge in [0.2, 0.25) is 5.91 Å². The highest BCUT2D eigenvalue weighted by molar-refractivity contribution is 7.99. The van der Waals surface area contributed by atoms with Crippen molar-refractivity contribution in [1.29, 1.82) is 0 Å². The number of carbonyl (C=O) groups excluding carboxylic acids is 1. The van der Waals surface area contributed by atoms with E-state index in [0.29, 0.717) is 11.7 Å². The summed E-state index contributed by atoms with van der Waals surface area (Å²) in [6.07, 6.45) is 6.24. The number of benzene rings is 2. The van der Waals surface area contributed by atoms with Crippen LogP contribution in [0.2, 0.25) is 0 Å². The number of rotatable bonds is 7. The van der Waals surface area contributed by atoms with Crippen molar-refractivity contribution in [3.8, 4) is 0 Å². The Balaban J connectivity index is 1.52. The van der Waals surface area contributed by atoms with Gasteiger partial charge in [0.1, 0.15) is 5.82 Å². The van der Waals surface area contributed by atoms with E-state index in [1.807, 2.05) is 60.7 Å². The van der Waals surface area contributed by atoms with Crippen molar-refractivity contribution in [1.82, 2.24) is 14.8 Å². The first-order chi connectivity index (χ1) is 14.8. The molecular formula is C24H28N4OS. The molecule has 3 aromatic rings. The Labute approximate surface area is 182 Å². The summed E-state index contributed by atoms with van der Waals surface area (Å²) in [6.45, 7) is 2.96. The van der Waals surface area contributed by atoms with E-state index in [9.17, 15) is 4.79 Å². The summed E-state index contributed by atoms with van der Waals surface area (Å²) in [5.41, 5.74) is 1.74. The largest absolute Gasteiger partial charge is 0.306 e. The fourth-order valence-corrected chi connectivity index (χ4v) is 5.01. The minimum Gasteiger partial charge on any atom is -0.306 e. The minimum absolute atomic E-state index is 0.0299. The summed E-state index contributed by atoms with van der Waals surface area (Å²) in [6, 6.07) is 19.6. The Morgan fingerprint density at radius 1 is 0.967 bits per heavy atom. The van der Waals surface area contributed by atoms with E-state index in [1.165, 1.54) is 43.9 Å². The summed E-state index contributed by atoms with van der Waals surface area (Å²) in [7, 11) is 0. The van der Waals surface area contributed by atoms with Gasteiger partial charge in [-0.3, -0.25) is 9.69 Å². The van der Waals surface area contributed by atoms with Gasteiger partial charge in [-0.15, -0.1) is 10.2 Å². The number of aromatic nitrogens is 3. The number of para-hydroxylation sites is 2. The van der Waals surface area contributed by atoms with E-state index < -0.39 is 0 Å². The fraction of sp³-hybridized carbons (Fsp3) is 0.375. The molecule has 1 aliphatic rings. The molecule has 30 heavy (non-hydrogen) atoms. The zero-order valence-electron chi connectivity index (χ0n) is 17.4. The van der Waals surface area contributed by atoms with E-state index in [4.69, 9.17) is 0 Å². The highest BCUT2D eigenvalue weighted by atomic mass is 32.2. The number of hydrogen-bond donors (Lipinski definition) is 0. The number of thioether (sulfide) groups is 1. The second-order valence-electron chi connectivity index (χ2n) is 7.61. The maximum Gasteiger partial charge on any atom is 0.242 e. The number of hydrogen-bond acceptors (Lipinski definition) is 4. The summed E-state index contributed by atoms with van der Waals surface area (Å²) in [4.78, 5) is 15.1. The molecule has 4 rings (SSSR count). The van der Waals surface area contributed by atoms with Crippen molar-refractivity contribution in [2.75, 3.05) is 10.7 Å². The van der Waals surface area contributed by atoms with Crippen LogP contribution in [-0.2, 0) is 11.3 Å². The average Bonchev–Trinajstić information content (AvgIpc) is 3.23. The molecule has 0 aliphatic heterocycles. The zero-order chi connectivity index (χ0) is 20.8. The van der Waals surface area contributed by atoms with Gasteiger partial charge in [0.15, 0.2) is 5.16 Å². The second-order valence-corrected chi connectivity index (χ2v) is 8.55. The lowest BCUT2D eigenvalue weighted by atomic mass is 9.89. The second kappa shape index (κ2) is 9.94. The molecule has 1 aromatic heterocycles. The maximum absolute atomic E-state index is 13.3. The number of nitrogens with zero attached hydrogens (tertiary/aromatic N) is 4. The summed E-state index contributed by atoms with van der Waals surface area (Å²) >= 11 is 1.48. The number of amides is 1. The van der Waals surface area contributed by atoms with Gasteiger partial charge in [-0.05, 0) is 44.0 Å². The van der Waals surface area contributed by atoms with Gasteiger partial charge in [0.05, 0.1) is 5.75 Å². The Morgan fingerprint density at radius 3 is 2.13 bits per heavy atom. The molecule has 0 unspecified atom stereocenters. The average molecular weight is 421 g/mol. The van der Waals surface area contributed by atoms with Gasteiger partial charge in [0.25, 0.3) is 0 Å². The molecule has 0 bridgehead atoms. The molecule has 0 spiro atoms. The van der Waals surface area contributed by atoms with Crippen molar-refractivity contribution >= 4 is 29.0 Å². The van der Waals surface area contributed by atoms with Crippen LogP contribution in [0.4, 0.5) is 11.4 Å². The molecule has 2 aromatic carbocycles. The lowest BCUT2D eigenvalue weighted by Crippen LogP contribution is -2.27. The normalized spacial score (nSPS) is 14.6. The van der Waals surface area contributed by atoms with Crippen LogP contribution in [-0.4, -0.2) is 26.4 Å². The third-order valence-electron chi connectivity index (χ3n) is 5.63. The van der Waals surface area contributed by atoms with E-state index >= 15 is 0 Å². The van der Waals surface area contributed by atoms with Crippen LogP contribution in [0.1, 0.15) is 50.8 Å². The van der Waals surface area contributed by atoms with Gasteiger partial charge in [-0.1, -0.05) is 67.4 Å². The molecule has 1 heterocycles. The van der Waals surface area contributed by atoms with Gasteiger partial charge >= 0.3 is 0 Å². The highest BCUT2D eigenvalue weighted by Crippen LogP contribution is 2.33. The molecule has 6 heteroatoms. The van der Waals surface area contributed by atoms with Gasteiger partial charge < -0.3 is 4.57 Å². The van der Waals surface area contributed by atoms with E-state index in [1.54, 1.807) is 4.90 Å². The molecule has 156 valence electrons. The van der Waals surface area contributed by atoms with E-state index in [2.05, 4.69) is 21.7 Å². The molecular weight excluding hydrogens is 392 g/mol. The summed E-state index contributed by atoms with van der Waals surface area (Å²) < 4.78 is 2.20. The van der Waals surface area contributed by atoms with Crippen LogP contribution in [0, 0.1) is 0 Å². The number of anilines is 2. The molecule has 0 N–H and O–H groups in total. The van der Waals surface area contributed by atoms with Crippen molar-refractivity contribution in [3.63, 3.8) is 0 Å². The summed E-state index contributed by atoms with van der Waals surface area (Å²) in [5, 5.41) is 9.80. The Kier molecular flexibility index (Phi) is 6.84. The zero-order valence-corrected chi connectivity index (χ0v) is 18.2. The topological polar surface area (TPSA) is 51.0 Å². The molecule has 0 atom stereocenters. The fourth-order valence-electron chi connectivity index (χ4n) is 4.15.